The predicted molar refractivity (Wildman–Crippen MR) is 372 cm³/mol. The zero-order chi connectivity index (χ0) is 67.7. The highest BCUT2D eigenvalue weighted by molar-refractivity contribution is 7.47. The average molecular weight is 1350 g/mol. The van der Waals surface area contributed by atoms with Crippen LogP contribution in [0.15, 0.2) is 0 Å². The second kappa shape index (κ2) is 66.3. The lowest BCUT2D eigenvalue weighted by Gasteiger charge is -2.21. The smallest absolute Gasteiger partial charge is 0.462 e. The van der Waals surface area contributed by atoms with Gasteiger partial charge in [-0.25, -0.2) is 9.13 Å². The van der Waals surface area contributed by atoms with E-state index < -0.39 is 97.5 Å². The molecule has 0 saturated heterocycles. The van der Waals surface area contributed by atoms with Crippen LogP contribution in [0.4, 0.5) is 0 Å². The standard InChI is InChI=1S/C73H142O17P2/c1-6-9-12-15-16-17-18-19-20-21-22-23-24-28-31-34-37-40-43-48-52-57-71(76)84-63-69(90-73(78)59-54-49-44-41-38-35-32-29-26-25-27-30-33-36-39-42-47-50-55-66(4)5)65-88-92(81,82)86-61-67(74)60-85-91(79,80)87-64-68(89-72(77)58-53-46-14-11-8-3)62-83-70(75)56-51-45-13-10-7-2/h66-69,74H,6-65H2,1-5H3,(H,79,80)(H,81,82)/t67-,68+,69+/m0/s1. The number of esters is 4. The quantitative estimate of drug-likeness (QED) is 0.0222. The first-order valence-corrected chi connectivity index (χ1v) is 41.1. The number of hydrogen-bond acceptors (Lipinski definition) is 15. The first kappa shape index (κ1) is 90.1. The number of phosphoric acid groups is 2. The predicted octanol–water partition coefficient (Wildman–Crippen LogP) is 21.3. The summed E-state index contributed by atoms with van der Waals surface area (Å²) < 4.78 is 67.8. The Hall–Kier alpha value is -1.94. The Morgan fingerprint density at radius 1 is 0.293 bits per heavy atom. The van der Waals surface area contributed by atoms with Crippen LogP contribution >= 0.6 is 15.6 Å². The molecule has 0 saturated carbocycles. The first-order chi connectivity index (χ1) is 44.5. The van der Waals surface area contributed by atoms with Crippen LogP contribution in [0.25, 0.3) is 0 Å². The molecule has 0 aliphatic carbocycles. The van der Waals surface area contributed by atoms with E-state index in [1.807, 2.05) is 0 Å². The molecule has 19 heteroatoms. The fourth-order valence-corrected chi connectivity index (χ4v) is 12.8. The van der Waals surface area contributed by atoms with Crippen LogP contribution < -0.4 is 0 Å². The van der Waals surface area contributed by atoms with Gasteiger partial charge in [0.2, 0.25) is 0 Å². The number of aliphatic hydroxyl groups is 1. The van der Waals surface area contributed by atoms with Gasteiger partial charge in [0.25, 0.3) is 0 Å². The highest BCUT2D eigenvalue weighted by atomic mass is 31.2. The molecule has 0 rings (SSSR count). The minimum atomic E-state index is -4.95. The van der Waals surface area contributed by atoms with E-state index >= 15 is 0 Å². The second-order valence-electron chi connectivity index (χ2n) is 26.8. The summed E-state index contributed by atoms with van der Waals surface area (Å²) >= 11 is 0. The van der Waals surface area contributed by atoms with Crippen molar-refractivity contribution in [2.75, 3.05) is 39.6 Å². The summed E-state index contributed by atoms with van der Waals surface area (Å²) in [7, 11) is -9.88. The molecule has 0 aliphatic rings. The lowest BCUT2D eigenvalue weighted by Crippen LogP contribution is -2.30. The summed E-state index contributed by atoms with van der Waals surface area (Å²) in [5.74, 6) is -1.32. The zero-order valence-electron chi connectivity index (χ0n) is 59.7. The molecule has 0 fully saturated rings. The fraction of sp³-hybridized carbons (Fsp3) is 0.945. The summed E-state index contributed by atoms with van der Waals surface area (Å²) in [5, 5.41) is 10.5. The van der Waals surface area contributed by atoms with Crippen LogP contribution in [0, 0.1) is 5.92 Å². The van der Waals surface area contributed by atoms with E-state index in [1.165, 1.54) is 199 Å². The number of rotatable bonds is 73. The Labute approximate surface area is 562 Å². The molecule has 0 aromatic carbocycles. The zero-order valence-corrected chi connectivity index (χ0v) is 61.5. The third kappa shape index (κ3) is 66.7. The Bertz CT molecular complexity index is 1770. The summed E-state index contributed by atoms with van der Waals surface area (Å²) in [6.45, 7) is 7.10. The lowest BCUT2D eigenvalue weighted by atomic mass is 10.0. The Morgan fingerprint density at radius 3 is 0.739 bits per heavy atom. The maximum absolute atomic E-state index is 13.1. The highest BCUT2D eigenvalue weighted by Gasteiger charge is 2.30. The molecule has 3 N–H and O–H groups in total. The summed E-state index contributed by atoms with van der Waals surface area (Å²) in [4.78, 5) is 72.0. The number of unbranched alkanes of at least 4 members (excludes halogenated alkanes) is 45. The van der Waals surface area contributed by atoms with Crippen LogP contribution in [0.1, 0.15) is 381 Å². The number of ether oxygens (including phenoxy) is 4. The van der Waals surface area contributed by atoms with E-state index in [0.29, 0.717) is 25.7 Å². The van der Waals surface area contributed by atoms with Gasteiger partial charge in [-0.3, -0.25) is 37.3 Å². The van der Waals surface area contributed by atoms with Crippen molar-refractivity contribution < 1.29 is 80.2 Å². The van der Waals surface area contributed by atoms with Gasteiger partial charge in [0.1, 0.15) is 19.3 Å². The van der Waals surface area contributed by atoms with Crippen molar-refractivity contribution in [3.63, 3.8) is 0 Å². The van der Waals surface area contributed by atoms with E-state index in [2.05, 4.69) is 34.6 Å². The molecule has 0 aliphatic heterocycles. The molecule has 0 spiro atoms. The van der Waals surface area contributed by atoms with E-state index in [9.17, 15) is 43.2 Å². The van der Waals surface area contributed by atoms with Crippen molar-refractivity contribution in [3.05, 3.63) is 0 Å². The first-order valence-electron chi connectivity index (χ1n) is 38.1. The summed E-state index contributed by atoms with van der Waals surface area (Å²) in [5.41, 5.74) is 0. The van der Waals surface area contributed by atoms with Crippen LogP contribution in [-0.4, -0.2) is 96.7 Å². The van der Waals surface area contributed by atoms with E-state index in [1.54, 1.807) is 0 Å². The monoisotopic (exact) mass is 1350 g/mol. The Kier molecular flexibility index (Phi) is 64.9. The number of aliphatic hydroxyl groups excluding tert-OH is 1. The van der Waals surface area contributed by atoms with Crippen molar-refractivity contribution >= 4 is 39.5 Å². The minimum Gasteiger partial charge on any atom is -0.462 e. The van der Waals surface area contributed by atoms with E-state index in [-0.39, 0.29) is 25.7 Å². The van der Waals surface area contributed by atoms with Crippen molar-refractivity contribution in [2.45, 2.75) is 400 Å². The third-order valence-electron chi connectivity index (χ3n) is 17.0. The van der Waals surface area contributed by atoms with Crippen LogP contribution in [0.2, 0.25) is 0 Å². The van der Waals surface area contributed by atoms with Gasteiger partial charge < -0.3 is 33.8 Å². The van der Waals surface area contributed by atoms with E-state index in [0.717, 1.165) is 102 Å². The van der Waals surface area contributed by atoms with Gasteiger partial charge >= 0.3 is 39.5 Å². The maximum Gasteiger partial charge on any atom is 0.472 e. The largest absolute Gasteiger partial charge is 0.472 e. The van der Waals surface area contributed by atoms with Crippen molar-refractivity contribution in [1.29, 1.82) is 0 Å². The molecule has 5 atom stereocenters. The normalized spacial score (nSPS) is 14.0. The lowest BCUT2D eigenvalue weighted by molar-refractivity contribution is -0.161. The van der Waals surface area contributed by atoms with Crippen LogP contribution in [0.5, 0.6) is 0 Å². The van der Waals surface area contributed by atoms with Crippen molar-refractivity contribution in [1.82, 2.24) is 0 Å². The molecule has 0 bridgehead atoms. The Balaban J connectivity index is 5.01. The second-order valence-corrected chi connectivity index (χ2v) is 29.7. The molecule has 546 valence electrons. The van der Waals surface area contributed by atoms with Crippen molar-refractivity contribution in [2.24, 2.45) is 5.92 Å². The third-order valence-corrected chi connectivity index (χ3v) is 18.9. The molecule has 0 aromatic rings. The molecule has 0 aromatic heterocycles. The molecule has 2 unspecified atom stereocenters. The molecule has 92 heavy (non-hydrogen) atoms. The summed E-state index contributed by atoms with van der Waals surface area (Å²) in [6, 6.07) is 0. The van der Waals surface area contributed by atoms with Gasteiger partial charge in [0.15, 0.2) is 12.2 Å². The van der Waals surface area contributed by atoms with Crippen LogP contribution in [-0.2, 0) is 65.4 Å². The van der Waals surface area contributed by atoms with Gasteiger partial charge in [-0.05, 0) is 31.6 Å². The molecule has 0 heterocycles. The fourth-order valence-electron chi connectivity index (χ4n) is 11.2. The van der Waals surface area contributed by atoms with Gasteiger partial charge in [-0.1, -0.05) is 330 Å². The van der Waals surface area contributed by atoms with Gasteiger partial charge in [-0.15, -0.1) is 0 Å². The van der Waals surface area contributed by atoms with Crippen molar-refractivity contribution in [3.8, 4) is 0 Å². The number of phosphoric ester groups is 2. The van der Waals surface area contributed by atoms with Gasteiger partial charge in [0.05, 0.1) is 26.4 Å². The topological polar surface area (TPSA) is 237 Å². The molecular weight excluding hydrogens is 1210 g/mol. The van der Waals surface area contributed by atoms with Gasteiger partial charge in [0, 0.05) is 25.7 Å². The number of hydrogen-bond donors (Lipinski definition) is 3. The molecular formula is C73H142O17P2. The molecule has 0 radical (unpaired) electrons. The SMILES string of the molecule is CCCCCCCCCCCCCCCCCCCCCCCC(=O)OC[C@H](COP(=O)(O)OC[C@@H](O)COP(=O)(O)OC[C@@H](COC(=O)CCCCCCC)OC(=O)CCCCCCC)OC(=O)CCCCCCCCCCCCCCCCCCCCC(C)C. The number of carbonyl (C=O) groups is 4. The molecule has 17 nitrogen and oxygen atoms in total. The maximum atomic E-state index is 13.1. The number of carbonyl (C=O) groups excluding carboxylic acids is 4. The van der Waals surface area contributed by atoms with E-state index in [4.69, 9.17) is 37.0 Å². The molecule has 0 amide bonds. The average Bonchev–Trinajstić information content (AvgIpc) is 1.90. The summed E-state index contributed by atoms with van der Waals surface area (Å²) in [6.07, 6.45) is 55.3. The minimum absolute atomic E-state index is 0.0992. The van der Waals surface area contributed by atoms with Gasteiger partial charge in [-0.2, -0.15) is 0 Å². The Morgan fingerprint density at radius 2 is 0.500 bits per heavy atom. The van der Waals surface area contributed by atoms with Crippen LogP contribution in [0.3, 0.4) is 0 Å². The highest BCUT2D eigenvalue weighted by Crippen LogP contribution is 2.45.